The van der Waals surface area contributed by atoms with Crippen molar-refractivity contribution in [2.45, 2.75) is 31.7 Å². The van der Waals surface area contributed by atoms with E-state index in [1.54, 1.807) is 31.6 Å². The lowest BCUT2D eigenvalue weighted by molar-refractivity contribution is 0.0569. The van der Waals surface area contributed by atoms with Crippen molar-refractivity contribution in [2.75, 3.05) is 13.7 Å². The van der Waals surface area contributed by atoms with Crippen LogP contribution in [-0.4, -0.2) is 34.4 Å². The first kappa shape index (κ1) is 19.5. The summed E-state index contributed by atoms with van der Waals surface area (Å²) in [4.78, 5) is 23.5. The maximum absolute atomic E-state index is 13.1. The van der Waals surface area contributed by atoms with Crippen molar-refractivity contribution in [1.82, 2.24) is 14.9 Å². The lowest BCUT2D eigenvalue weighted by atomic mass is 10.0. The zero-order chi connectivity index (χ0) is 20.2. The molecule has 4 rings (SSSR count). The van der Waals surface area contributed by atoms with Gasteiger partial charge in [-0.1, -0.05) is 23.7 Å². The van der Waals surface area contributed by atoms with Gasteiger partial charge in [0.25, 0.3) is 5.91 Å². The number of halogens is 1. The van der Waals surface area contributed by atoms with E-state index in [0.717, 1.165) is 30.6 Å². The maximum atomic E-state index is 13.1. The molecule has 6 nitrogen and oxygen atoms in total. The Morgan fingerprint density at radius 2 is 2.00 bits per heavy atom. The third kappa shape index (κ3) is 4.43. The molecule has 3 aromatic rings. The molecule has 1 aliphatic heterocycles. The van der Waals surface area contributed by atoms with E-state index in [9.17, 15) is 4.79 Å². The van der Waals surface area contributed by atoms with E-state index in [1.165, 1.54) is 0 Å². The summed E-state index contributed by atoms with van der Waals surface area (Å²) in [6.45, 7) is 0.671. The quantitative estimate of drug-likeness (QED) is 0.609. The van der Waals surface area contributed by atoms with E-state index < -0.39 is 0 Å². The normalized spacial score (nSPS) is 16.6. The summed E-state index contributed by atoms with van der Waals surface area (Å²) >= 11 is 5.95. The molecule has 0 bridgehead atoms. The molecular weight excluding hydrogens is 390 g/mol. The molecule has 1 aromatic carbocycles. The van der Waals surface area contributed by atoms with Gasteiger partial charge in [-0.15, -0.1) is 0 Å². The van der Waals surface area contributed by atoms with Crippen LogP contribution in [0.3, 0.4) is 0 Å². The average molecular weight is 412 g/mol. The molecule has 29 heavy (non-hydrogen) atoms. The number of piperidine rings is 1. The predicted molar refractivity (Wildman–Crippen MR) is 109 cm³/mol. The number of likely N-dealkylation sites (tertiary alicyclic amines) is 1. The molecule has 0 unspecified atom stereocenters. The van der Waals surface area contributed by atoms with Gasteiger partial charge in [-0.2, -0.15) is 0 Å². The SMILES string of the molecule is COc1ccc(C(=O)N2CCCC[C@H]2c2ncc(Cc3ccc(Cl)cc3)o2)cn1. The van der Waals surface area contributed by atoms with E-state index in [1.807, 2.05) is 29.2 Å². The fourth-order valence-electron chi connectivity index (χ4n) is 3.59. The number of amides is 1. The third-order valence-corrected chi connectivity index (χ3v) is 5.36. The maximum Gasteiger partial charge on any atom is 0.256 e. The standard InChI is InChI=1S/C22H22ClN3O3/c1-28-20-10-7-16(13-24-20)22(27)26-11-3-2-4-19(26)21-25-14-18(29-21)12-15-5-8-17(23)9-6-15/h5-10,13-14,19H,2-4,11-12H2,1H3/t19-/m0/s1. The van der Waals surface area contributed by atoms with Crippen LogP contribution in [0.15, 0.2) is 53.2 Å². The number of hydrogen-bond donors (Lipinski definition) is 0. The van der Waals surface area contributed by atoms with Gasteiger partial charge in [-0.05, 0) is 43.0 Å². The molecule has 2 aromatic heterocycles. The first-order valence-corrected chi connectivity index (χ1v) is 10.0. The van der Waals surface area contributed by atoms with Gasteiger partial charge >= 0.3 is 0 Å². The predicted octanol–water partition coefficient (Wildman–Crippen LogP) is 4.69. The Morgan fingerprint density at radius 3 is 2.72 bits per heavy atom. The molecule has 1 amide bonds. The molecule has 150 valence electrons. The van der Waals surface area contributed by atoms with Crippen LogP contribution in [-0.2, 0) is 6.42 Å². The second-order valence-corrected chi connectivity index (χ2v) is 7.50. The van der Waals surface area contributed by atoms with Crippen molar-refractivity contribution in [2.24, 2.45) is 0 Å². The first-order chi connectivity index (χ1) is 14.1. The van der Waals surface area contributed by atoms with E-state index in [0.29, 0.717) is 35.3 Å². The summed E-state index contributed by atoms with van der Waals surface area (Å²) in [5.41, 5.74) is 1.63. The zero-order valence-electron chi connectivity index (χ0n) is 16.2. The smallest absolute Gasteiger partial charge is 0.256 e. The number of pyridine rings is 1. The number of rotatable bonds is 5. The molecule has 0 N–H and O–H groups in total. The van der Waals surface area contributed by atoms with Gasteiger partial charge in [0, 0.05) is 30.3 Å². The zero-order valence-corrected chi connectivity index (χ0v) is 16.9. The molecule has 7 heteroatoms. The largest absolute Gasteiger partial charge is 0.481 e. The minimum Gasteiger partial charge on any atom is -0.481 e. The summed E-state index contributed by atoms with van der Waals surface area (Å²) in [6.07, 6.45) is 6.75. The van der Waals surface area contributed by atoms with Crippen LogP contribution in [0.2, 0.25) is 5.02 Å². The van der Waals surface area contributed by atoms with Crippen LogP contribution in [0.5, 0.6) is 5.88 Å². The number of methoxy groups -OCH3 is 1. The molecule has 1 atom stereocenters. The Morgan fingerprint density at radius 1 is 1.17 bits per heavy atom. The average Bonchev–Trinajstić information content (AvgIpc) is 3.23. The van der Waals surface area contributed by atoms with Crippen LogP contribution < -0.4 is 4.74 Å². The van der Waals surface area contributed by atoms with Crippen LogP contribution >= 0.6 is 11.6 Å². The lowest BCUT2D eigenvalue weighted by Gasteiger charge is -2.33. The van der Waals surface area contributed by atoms with E-state index in [2.05, 4.69) is 9.97 Å². The summed E-state index contributed by atoms with van der Waals surface area (Å²) in [6, 6.07) is 10.9. The number of ether oxygens (including phenoxy) is 1. The minimum atomic E-state index is -0.169. The van der Waals surface area contributed by atoms with Gasteiger partial charge in [-0.25, -0.2) is 9.97 Å². The highest BCUT2D eigenvalue weighted by molar-refractivity contribution is 6.30. The van der Waals surface area contributed by atoms with Crippen LogP contribution in [0.4, 0.5) is 0 Å². The molecular formula is C22H22ClN3O3. The monoisotopic (exact) mass is 411 g/mol. The lowest BCUT2D eigenvalue weighted by Crippen LogP contribution is -2.38. The number of benzene rings is 1. The van der Waals surface area contributed by atoms with E-state index >= 15 is 0 Å². The van der Waals surface area contributed by atoms with Crippen molar-refractivity contribution in [1.29, 1.82) is 0 Å². The number of oxazole rings is 1. The van der Waals surface area contributed by atoms with E-state index in [4.69, 9.17) is 20.8 Å². The van der Waals surface area contributed by atoms with Gasteiger partial charge in [0.15, 0.2) is 0 Å². The summed E-state index contributed by atoms with van der Waals surface area (Å²) in [5.74, 6) is 1.77. The molecule has 0 saturated carbocycles. The van der Waals surface area contributed by atoms with Crippen molar-refractivity contribution in [3.05, 3.63) is 76.6 Å². The topological polar surface area (TPSA) is 68.5 Å². The number of carbonyl (C=O) groups excluding carboxylic acids is 1. The van der Waals surface area contributed by atoms with Gasteiger partial charge in [0.2, 0.25) is 11.8 Å². The summed E-state index contributed by atoms with van der Waals surface area (Å²) in [5, 5.41) is 0.705. The number of nitrogens with zero attached hydrogens (tertiary/aromatic N) is 3. The Hall–Kier alpha value is -2.86. The molecule has 0 spiro atoms. The molecule has 0 radical (unpaired) electrons. The number of hydrogen-bond acceptors (Lipinski definition) is 5. The van der Waals surface area contributed by atoms with Crippen molar-refractivity contribution in [3.63, 3.8) is 0 Å². The summed E-state index contributed by atoms with van der Waals surface area (Å²) < 4.78 is 11.1. The Labute approximate surface area is 174 Å². The highest BCUT2D eigenvalue weighted by atomic mass is 35.5. The second kappa shape index (κ2) is 8.66. The third-order valence-electron chi connectivity index (χ3n) is 5.10. The van der Waals surface area contributed by atoms with Crippen LogP contribution in [0.25, 0.3) is 0 Å². The molecule has 1 aliphatic rings. The molecule has 1 fully saturated rings. The van der Waals surface area contributed by atoms with Crippen molar-refractivity contribution in [3.8, 4) is 5.88 Å². The van der Waals surface area contributed by atoms with Gasteiger partial charge in [-0.3, -0.25) is 4.79 Å². The van der Waals surface area contributed by atoms with Crippen molar-refractivity contribution < 1.29 is 13.9 Å². The van der Waals surface area contributed by atoms with Crippen LogP contribution in [0, 0.1) is 0 Å². The fraction of sp³-hybridized carbons (Fsp3) is 0.318. The van der Waals surface area contributed by atoms with Gasteiger partial charge in [0.1, 0.15) is 11.8 Å². The van der Waals surface area contributed by atoms with E-state index in [-0.39, 0.29) is 11.9 Å². The Balaban J connectivity index is 1.52. The molecule has 1 saturated heterocycles. The Bertz CT molecular complexity index is 970. The first-order valence-electron chi connectivity index (χ1n) is 9.64. The highest BCUT2D eigenvalue weighted by Gasteiger charge is 2.32. The van der Waals surface area contributed by atoms with Gasteiger partial charge in [0.05, 0.1) is 18.9 Å². The molecule has 3 heterocycles. The number of carbonyl (C=O) groups is 1. The number of aromatic nitrogens is 2. The minimum absolute atomic E-state index is 0.0673. The van der Waals surface area contributed by atoms with Crippen LogP contribution in [0.1, 0.15) is 52.9 Å². The molecule has 0 aliphatic carbocycles. The fourth-order valence-corrected chi connectivity index (χ4v) is 3.71. The van der Waals surface area contributed by atoms with Gasteiger partial charge < -0.3 is 14.1 Å². The second-order valence-electron chi connectivity index (χ2n) is 7.07. The highest BCUT2D eigenvalue weighted by Crippen LogP contribution is 2.32. The Kier molecular flexibility index (Phi) is 5.81. The summed E-state index contributed by atoms with van der Waals surface area (Å²) in [7, 11) is 1.55. The van der Waals surface area contributed by atoms with Crippen molar-refractivity contribution >= 4 is 17.5 Å².